The van der Waals surface area contributed by atoms with Crippen molar-refractivity contribution in [1.82, 2.24) is 9.80 Å². The Morgan fingerprint density at radius 1 is 1.36 bits per heavy atom. The van der Waals surface area contributed by atoms with Crippen molar-refractivity contribution in [2.75, 3.05) is 20.6 Å². The predicted octanol–water partition coefficient (Wildman–Crippen LogP) is 4.11. The SMILES string of the molecule is CC(=O)O[C@@]12CC[C@H](N(C)C(=O)/C=C/c3cc(Br)cs3)[C@@H]3Oc4c(O)ccc5c4[C@@]31CCN(C)[C@@H]2C5. The van der Waals surface area contributed by atoms with Gasteiger partial charge < -0.3 is 19.5 Å². The zero-order valence-electron chi connectivity index (χ0n) is 20.5. The molecular weight excluding hydrogens is 544 g/mol. The Morgan fingerprint density at radius 3 is 2.89 bits per heavy atom. The van der Waals surface area contributed by atoms with Crippen LogP contribution in [0.3, 0.4) is 0 Å². The van der Waals surface area contributed by atoms with Gasteiger partial charge in [-0.3, -0.25) is 14.5 Å². The number of thiophene rings is 1. The lowest BCUT2D eigenvalue weighted by atomic mass is 9.48. The van der Waals surface area contributed by atoms with Crippen LogP contribution >= 0.6 is 27.3 Å². The minimum Gasteiger partial charge on any atom is -0.504 e. The van der Waals surface area contributed by atoms with E-state index in [4.69, 9.17) is 9.47 Å². The number of halogens is 1. The van der Waals surface area contributed by atoms with E-state index in [2.05, 4.69) is 27.9 Å². The van der Waals surface area contributed by atoms with Crippen molar-refractivity contribution >= 4 is 45.2 Å². The van der Waals surface area contributed by atoms with Crippen LogP contribution in [0.2, 0.25) is 0 Å². The number of benzene rings is 1. The highest BCUT2D eigenvalue weighted by molar-refractivity contribution is 9.10. The third kappa shape index (κ3) is 3.18. The molecule has 2 fully saturated rings. The summed E-state index contributed by atoms with van der Waals surface area (Å²) in [6.45, 7) is 2.29. The van der Waals surface area contributed by atoms with Crippen LogP contribution in [0.25, 0.3) is 6.08 Å². The summed E-state index contributed by atoms with van der Waals surface area (Å²) in [4.78, 5) is 30.9. The van der Waals surface area contributed by atoms with Gasteiger partial charge in [-0.2, -0.15) is 0 Å². The van der Waals surface area contributed by atoms with Crippen LogP contribution in [0, 0.1) is 0 Å². The summed E-state index contributed by atoms with van der Waals surface area (Å²) >= 11 is 5.02. The molecule has 1 amide bonds. The molecule has 0 unspecified atom stereocenters. The number of esters is 1. The molecule has 7 nitrogen and oxygen atoms in total. The van der Waals surface area contributed by atoms with Crippen molar-refractivity contribution in [2.24, 2.45) is 0 Å². The van der Waals surface area contributed by atoms with Gasteiger partial charge in [-0.15, -0.1) is 11.3 Å². The fraction of sp³-hybridized carbons (Fsp3) is 0.481. The van der Waals surface area contributed by atoms with Crippen LogP contribution in [0.15, 0.2) is 34.1 Å². The van der Waals surface area contributed by atoms with E-state index in [1.807, 2.05) is 30.6 Å². The van der Waals surface area contributed by atoms with Gasteiger partial charge in [-0.25, -0.2) is 0 Å². The second-order valence-electron chi connectivity index (χ2n) is 10.4. The number of phenolic OH excluding ortho intramolecular Hbond substituents is 1. The van der Waals surface area contributed by atoms with Crippen molar-refractivity contribution in [3.05, 3.63) is 50.1 Å². The Balaban J connectivity index is 1.44. The Morgan fingerprint density at radius 2 is 2.17 bits per heavy atom. The second kappa shape index (κ2) is 8.33. The van der Waals surface area contributed by atoms with E-state index in [1.165, 1.54) is 6.92 Å². The van der Waals surface area contributed by atoms with Gasteiger partial charge in [0.15, 0.2) is 11.5 Å². The summed E-state index contributed by atoms with van der Waals surface area (Å²) in [6, 6.07) is 5.42. The van der Waals surface area contributed by atoms with Crippen LogP contribution in [0.5, 0.6) is 11.5 Å². The lowest BCUT2D eigenvalue weighted by molar-refractivity contribution is -0.220. The van der Waals surface area contributed by atoms with Gasteiger partial charge in [0.2, 0.25) is 5.91 Å². The maximum absolute atomic E-state index is 13.3. The van der Waals surface area contributed by atoms with E-state index in [0.29, 0.717) is 18.6 Å². The van der Waals surface area contributed by atoms with Crippen molar-refractivity contribution < 1.29 is 24.2 Å². The average molecular weight is 574 g/mol. The van der Waals surface area contributed by atoms with Crippen LogP contribution in [0.1, 0.15) is 42.2 Å². The molecule has 1 saturated heterocycles. The molecule has 4 aliphatic rings. The van der Waals surface area contributed by atoms with E-state index in [9.17, 15) is 14.7 Å². The predicted molar refractivity (Wildman–Crippen MR) is 140 cm³/mol. The number of aromatic hydroxyl groups is 1. The van der Waals surface area contributed by atoms with Crippen LogP contribution < -0.4 is 4.74 Å². The van der Waals surface area contributed by atoms with Gasteiger partial charge in [0.1, 0.15) is 11.7 Å². The Kier molecular flexibility index (Phi) is 5.55. The molecule has 2 aromatic rings. The molecule has 9 heteroatoms. The van der Waals surface area contributed by atoms with Gasteiger partial charge in [-0.1, -0.05) is 6.07 Å². The maximum Gasteiger partial charge on any atom is 0.303 e. The summed E-state index contributed by atoms with van der Waals surface area (Å²) in [5, 5.41) is 12.8. The number of carbonyl (C=O) groups is 2. The number of amides is 1. The summed E-state index contributed by atoms with van der Waals surface area (Å²) in [5.41, 5.74) is 0.698. The molecule has 1 saturated carbocycles. The standard InChI is InChI=1S/C27H29BrN2O5S/c1-15(31)35-27-9-8-19(30(3)22(33)7-5-18-13-17(28)14-36-18)25-26(27)10-11-29(2)21(27)12-16-4-6-20(32)24(34-25)23(16)26/h4-7,13-14,19,21,25,32H,8-12H2,1-3H3/b7-5+/t19-,21+,25-,26-,27+/m0/s1. The van der Waals surface area contributed by atoms with Gasteiger partial charge in [0.05, 0.1) is 17.5 Å². The van der Waals surface area contributed by atoms with E-state index in [-0.39, 0.29) is 29.7 Å². The zero-order chi connectivity index (χ0) is 25.4. The van der Waals surface area contributed by atoms with E-state index < -0.39 is 17.1 Å². The molecule has 1 spiro atoms. The fourth-order valence-corrected chi connectivity index (χ4v) is 8.74. The quantitative estimate of drug-likeness (QED) is 0.438. The first-order chi connectivity index (χ1) is 17.2. The molecule has 2 aliphatic carbocycles. The number of carbonyl (C=O) groups excluding carboxylic acids is 2. The summed E-state index contributed by atoms with van der Waals surface area (Å²) in [5.74, 6) is 0.176. The zero-order valence-corrected chi connectivity index (χ0v) is 22.9. The lowest BCUT2D eigenvalue weighted by Crippen LogP contribution is -2.78. The highest BCUT2D eigenvalue weighted by atomic mass is 79.9. The molecule has 0 radical (unpaired) electrons. The Bertz CT molecular complexity index is 1290. The normalized spacial score (nSPS) is 32.2. The number of ether oxygens (including phenoxy) is 2. The van der Waals surface area contributed by atoms with Gasteiger partial charge in [0, 0.05) is 40.3 Å². The van der Waals surface area contributed by atoms with E-state index in [1.54, 1.807) is 28.4 Å². The van der Waals surface area contributed by atoms with E-state index in [0.717, 1.165) is 39.9 Å². The second-order valence-corrected chi connectivity index (χ2v) is 12.3. The van der Waals surface area contributed by atoms with Crippen LogP contribution in [-0.2, 0) is 26.2 Å². The van der Waals surface area contributed by atoms with E-state index >= 15 is 0 Å². The number of hydrogen-bond donors (Lipinski definition) is 1. The first-order valence-electron chi connectivity index (χ1n) is 12.3. The van der Waals surface area contributed by atoms with Gasteiger partial charge in [-0.05, 0) is 79.0 Å². The van der Waals surface area contributed by atoms with Crippen molar-refractivity contribution in [1.29, 1.82) is 0 Å². The minimum absolute atomic E-state index is 0.00312. The van der Waals surface area contributed by atoms with Crippen molar-refractivity contribution in [3.63, 3.8) is 0 Å². The molecule has 5 atom stereocenters. The summed E-state index contributed by atoms with van der Waals surface area (Å²) < 4.78 is 14.0. The van der Waals surface area contributed by atoms with Crippen LogP contribution in [-0.4, -0.2) is 71.2 Å². The lowest BCUT2D eigenvalue weighted by Gasteiger charge is -2.65. The molecule has 1 N–H and O–H groups in total. The minimum atomic E-state index is -0.776. The first kappa shape index (κ1) is 24.0. The molecular formula is C27H29BrN2O5S. The number of nitrogens with zero attached hydrogens (tertiary/aromatic N) is 2. The van der Waals surface area contributed by atoms with Gasteiger partial charge in [0.25, 0.3) is 0 Å². The summed E-state index contributed by atoms with van der Waals surface area (Å²) in [6.07, 6.45) is 5.71. The Labute approximate surface area is 222 Å². The average Bonchev–Trinajstić information content (AvgIpc) is 3.41. The molecule has 36 heavy (non-hydrogen) atoms. The van der Waals surface area contributed by atoms with Crippen molar-refractivity contribution in [3.8, 4) is 11.5 Å². The topological polar surface area (TPSA) is 79.3 Å². The third-order valence-corrected chi connectivity index (χ3v) is 10.5. The monoisotopic (exact) mass is 572 g/mol. The number of rotatable bonds is 4. The number of likely N-dealkylation sites (N-methyl/N-ethyl adjacent to an activating group) is 2. The number of hydrogen-bond acceptors (Lipinski definition) is 7. The Hall–Kier alpha value is -2.36. The largest absolute Gasteiger partial charge is 0.504 e. The maximum atomic E-state index is 13.3. The molecule has 1 aromatic carbocycles. The highest BCUT2D eigenvalue weighted by Crippen LogP contribution is 2.66. The van der Waals surface area contributed by atoms with Crippen molar-refractivity contribution in [2.45, 2.75) is 61.8 Å². The van der Waals surface area contributed by atoms with Gasteiger partial charge >= 0.3 is 5.97 Å². The molecule has 6 rings (SSSR count). The molecule has 190 valence electrons. The third-order valence-electron chi connectivity index (χ3n) is 8.81. The number of piperidine rings is 1. The molecule has 2 bridgehead atoms. The fourth-order valence-electron chi connectivity index (χ4n) is 7.41. The molecule has 2 aliphatic heterocycles. The highest BCUT2D eigenvalue weighted by Gasteiger charge is 2.75. The number of phenols is 1. The molecule has 1 aromatic heterocycles. The summed E-state index contributed by atoms with van der Waals surface area (Å²) in [7, 11) is 3.91. The smallest absolute Gasteiger partial charge is 0.303 e. The first-order valence-corrected chi connectivity index (χ1v) is 14.0. The molecule has 3 heterocycles. The van der Waals surface area contributed by atoms with Crippen LogP contribution in [0.4, 0.5) is 0 Å². The number of likely N-dealkylation sites (tertiary alicyclic amines) is 1.